The van der Waals surface area contributed by atoms with E-state index >= 15 is 0 Å². The van der Waals surface area contributed by atoms with Crippen molar-refractivity contribution in [3.63, 3.8) is 0 Å². The predicted molar refractivity (Wildman–Crippen MR) is 114 cm³/mol. The van der Waals surface area contributed by atoms with E-state index in [0.717, 1.165) is 23.4 Å². The number of nitrogens with zero attached hydrogens (tertiary/aromatic N) is 2. The minimum atomic E-state index is 0.878. The third kappa shape index (κ3) is 3.70. The third-order valence-corrected chi connectivity index (χ3v) is 4.58. The second-order valence-corrected chi connectivity index (χ2v) is 6.38. The molecule has 2 nitrogen and oxygen atoms in total. The summed E-state index contributed by atoms with van der Waals surface area (Å²) in [4.78, 5) is 8.88. The number of hydrogen-bond donors (Lipinski definition) is 0. The molecular weight excluding hydrogens is 328 g/mol. The van der Waals surface area contributed by atoms with Gasteiger partial charge in [-0.3, -0.25) is 9.97 Å². The highest BCUT2D eigenvalue weighted by atomic mass is 14.8. The minimum absolute atomic E-state index is 0.878. The normalized spacial score (nSPS) is 11.1. The van der Waals surface area contributed by atoms with Crippen molar-refractivity contribution in [1.29, 1.82) is 0 Å². The first-order chi connectivity index (χ1) is 13.3. The molecule has 0 radical (unpaired) electrons. The van der Waals surface area contributed by atoms with Crippen LogP contribution in [0.4, 0.5) is 0 Å². The Bertz CT molecular complexity index is 1090. The van der Waals surface area contributed by atoms with Crippen LogP contribution in [0.5, 0.6) is 0 Å². The lowest BCUT2D eigenvalue weighted by Gasteiger charge is -2.07. The molecule has 0 bridgehead atoms. The molecule has 0 spiro atoms. The zero-order valence-electron chi connectivity index (χ0n) is 15.0. The Morgan fingerprint density at radius 3 is 2.30 bits per heavy atom. The molecule has 0 saturated carbocycles. The van der Waals surface area contributed by atoms with Gasteiger partial charge in [-0.2, -0.15) is 0 Å². The Balaban J connectivity index is 1.63. The first-order valence-corrected chi connectivity index (χ1v) is 9.02. The second-order valence-electron chi connectivity index (χ2n) is 6.38. The summed E-state index contributed by atoms with van der Waals surface area (Å²) in [6.45, 7) is 3.86. The Labute approximate surface area is 159 Å². The van der Waals surface area contributed by atoms with Gasteiger partial charge in [-0.1, -0.05) is 66.8 Å². The first kappa shape index (κ1) is 16.9. The molecule has 2 aromatic carbocycles. The van der Waals surface area contributed by atoms with E-state index in [1.807, 2.05) is 36.5 Å². The third-order valence-electron chi connectivity index (χ3n) is 4.58. The second kappa shape index (κ2) is 7.79. The molecule has 0 aliphatic carbocycles. The van der Waals surface area contributed by atoms with Crippen LogP contribution in [-0.4, -0.2) is 9.97 Å². The van der Waals surface area contributed by atoms with E-state index in [9.17, 15) is 0 Å². The fourth-order valence-corrected chi connectivity index (χ4v) is 3.22. The number of fused-ring (bicyclic) bond motifs is 1. The molecule has 0 aliphatic heterocycles. The largest absolute Gasteiger partial charge is 0.255 e. The van der Waals surface area contributed by atoms with E-state index in [0.29, 0.717) is 0 Å². The van der Waals surface area contributed by atoms with E-state index in [4.69, 9.17) is 0 Å². The van der Waals surface area contributed by atoms with Crippen LogP contribution in [0.1, 0.15) is 16.7 Å². The van der Waals surface area contributed by atoms with Crippen molar-refractivity contribution in [1.82, 2.24) is 9.97 Å². The number of pyridine rings is 2. The van der Waals surface area contributed by atoms with Crippen LogP contribution in [0.15, 0.2) is 91.8 Å². The highest BCUT2D eigenvalue weighted by Crippen LogP contribution is 2.25. The number of hydrogen-bond acceptors (Lipinski definition) is 2. The maximum atomic E-state index is 4.54. The Morgan fingerprint density at radius 2 is 1.56 bits per heavy atom. The summed E-state index contributed by atoms with van der Waals surface area (Å²) in [5, 5.41) is 2.54. The summed E-state index contributed by atoms with van der Waals surface area (Å²) < 4.78 is 0. The number of benzene rings is 2. The van der Waals surface area contributed by atoms with Crippen molar-refractivity contribution in [3.8, 4) is 11.4 Å². The topological polar surface area (TPSA) is 25.8 Å². The molecular formula is C25H20N2. The van der Waals surface area contributed by atoms with E-state index in [1.165, 1.54) is 21.9 Å². The molecule has 4 rings (SSSR count). The quantitative estimate of drug-likeness (QED) is 0.402. The average Bonchev–Trinajstić information content (AvgIpc) is 2.74. The summed E-state index contributed by atoms with van der Waals surface area (Å²) in [5.41, 5.74) is 5.34. The van der Waals surface area contributed by atoms with Crippen LogP contribution in [0.2, 0.25) is 0 Å². The maximum absolute atomic E-state index is 4.54. The van der Waals surface area contributed by atoms with Crippen molar-refractivity contribution >= 4 is 22.9 Å². The highest BCUT2D eigenvalue weighted by molar-refractivity contribution is 5.95. The van der Waals surface area contributed by atoms with Gasteiger partial charge in [0.1, 0.15) is 0 Å². The monoisotopic (exact) mass is 348 g/mol. The van der Waals surface area contributed by atoms with Gasteiger partial charge < -0.3 is 0 Å². The van der Waals surface area contributed by atoms with Gasteiger partial charge in [-0.05, 0) is 52.1 Å². The molecule has 0 unspecified atom stereocenters. The van der Waals surface area contributed by atoms with Gasteiger partial charge in [-0.15, -0.1) is 6.58 Å². The molecule has 130 valence electrons. The maximum Gasteiger partial charge on any atom is 0.0886 e. The zero-order chi connectivity index (χ0) is 18.5. The number of allylic oxidation sites excluding steroid dienone is 1. The Kier molecular flexibility index (Phi) is 4.88. The highest BCUT2D eigenvalue weighted by Gasteiger charge is 2.03. The molecule has 0 aliphatic rings. The van der Waals surface area contributed by atoms with Crippen LogP contribution in [0.25, 0.3) is 34.3 Å². The number of aromatic nitrogens is 2. The standard InChI is InChI=1S/C25H20N2/c1-2-7-20-14-15-21(23-9-4-3-8-22(20)23)13-11-19-12-16-25(27-18-19)24-10-5-6-17-26-24/h2-6,8-18H,1,7H2/b13-11+. The summed E-state index contributed by atoms with van der Waals surface area (Å²) in [6.07, 6.45) is 10.7. The Morgan fingerprint density at radius 1 is 0.741 bits per heavy atom. The van der Waals surface area contributed by atoms with E-state index in [-0.39, 0.29) is 0 Å². The lowest BCUT2D eigenvalue weighted by atomic mass is 9.97. The van der Waals surface area contributed by atoms with Crippen LogP contribution >= 0.6 is 0 Å². The minimum Gasteiger partial charge on any atom is -0.255 e. The molecule has 27 heavy (non-hydrogen) atoms. The van der Waals surface area contributed by atoms with Crippen molar-refractivity contribution in [2.45, 2.75) is 6.42 Å². The fourth-order valence-electron chi connectivity index (χ4n) is 3.22. The van der Waals surface area contributed by atoms with E-state index < -0.39 is 0 Å². The Hall–Kier alpha value is -3.52. The fraction of sp³-hybridized carbons (Fsp3) is 0.0400. The van der Waals surface area contributed by atoms with Crippen molar-refractivity contribution < 1.29 is 0 Å². The van der Waals surface area contributed by atoms with Gasteiger partial charge in [0.15, 0.2) is 0 Å². The smallest absolute Gasteiger partial charge is 0.0886 e. The van der Waals surface area contributed by atoms with Gasteiger partial charge in [0.25, 0.3) is 0 Å². The molecule has 2 heterocycles. The van der Waals surface area contributed by atoms with Gasteiger partial charge in [0.2, 0.25) is 0 Å². The van der Waals surface area contributed by atoms with Gasteiger partial charge in [0, 0.05) is 12.4 Å². The van der Waals surface area contributed by atoms with Crippen LogP contribution in [0.3, 0.4) is 0 Å². The molecule has 0 N–H and O–H groups in total. The lowest BCUT2D eigenvalue weighted by Crippen LogP contribution is -1.88. The molecule has 2 heteroatoms. The molecule has 4 aromatic rings. The van der Waals surface area contributed by atoms with Crippen molar-refractivity contribution in [3.05, 3.63) is 108 Å². The molecule has 0 saturated heterocycles. The summed E-state index contributed by atoms with van der Waals surface area (Å²) in [7, 11) is 0. The number of rotatable bonds is 5. The molecule has 0 fully saturated rings. The molecule has 0 amide bonds. The lowest BCUT2D eigenvalue weighted by molar-refractivity contribution is 1.24. The molecule has 2 aromatic heterocycles. The summed E-state index contributed by atoms with van der Waals surface area (Å²) >= 11 is 0. The van der Waals surface area contributed by atoms with Crippen molar-refractivity contribution in [2.24, 2.45) is 0 Å². The van der Waals surface area contributed by atoms with Gasteiger partial charge in [-0.25, -0.2) is 0 Å². The van der Waals surface area contributed by atoms with E-state index in [2.05, 4.69) is 71.2 Å². The van der Waals surface area contributed by atoms with Crippen LogP contribution < -0.4 is 0 Å². The van der Waals surface area contributed by atoms with Crippen molar-refractivity contribution in [2.75, 3.05) is 0 Å². The summed E-state index contributed by atoms with van der Waals surface area (Å²) in [6, 6.07) is 22.8. The zero-order valence-corrected chi connectivity index (χ0v) is 15.0. The van der Waals surface area contributed by atoms with E-state index in [1.54, 1.807) is 6.20 Å². The van der Waals surface area contributed by atoms with Crippen LogP contribution in [0, 0.1) is 0 Å². The average molecular weight is 348 g/mol. The first-order valence-electron chi connectivity index (χ1n) is 9.02. The van der Waals surface area contributed by atoms with Crippen LogP contribution in [-0.2, 0) is 6.42 Å². The predicted octanol–water partition coefficient (Wildman–Crippen LogP) is 6.20. The SMILES string of the molecule is C=CCc1ccc(/C=C/c2ccc(-c3ccccn3)nc2)c2ccccc12. The molecule has 0 atom stereocenters. The van der Waals surface area contributed by atoms with Gasteiger partial charge >= 0.3 is 0 Å². The van der Waals surface area contributed by atoms with Gasteiger partial charge in [0.05, 0.1) is 11.4 Å². The summed E-state index contributed by atoms with van der Waals surface area (Å²) in [5.74, 6) is 0.